The Bertz CT molecular complexity index is 1000. The van der Waals surface area contributed by atoms with Crippen molar-refractivity contribution >= 4 is 27.6 Å². The van der Waals surface area contributed by atoms with Gasteiger partial charge in [0, 0.05) is 5.69 Å². The maximum atomic E-state index is 13.3. The summed E-state index contributed by atoms with van der Waals surface area (Å²) in [6.07, 6.45) is -5.08. The van der Waals surface area contributed by atoms with E-state index in [1.807, 2.05) is 0 Å². The fourth-order valence-corrected chi connectivity index (χ4v) is 3.14. The van der Waals surface area contributed by atoms with Gasteiger partial charge >= 0.3 is 18.1 Å². The summed E-state index contributed by atoms with van der Waals surface area (Å²) in [4.78, 5) is 21.3. The highest BCUT2D eigenvalue weighted by Gasteiger charge is 2.34. The van der Waals surface area contributed by atoms with Crippen LogP contribution in [0, 0.1) is 5.82 Å². The van der Waals surface area contributed by atoms with Crippen LogP contribution in [0.4, 0.5) is 23.2 Å². The molecule has 0 saturated heterocycles. The van der Waals surface area contributed by atoms with Crippen molar-refractivity contribution in [3.05, 3.63) is 58.9 Å². The molecule has 0 spiro atoms. The van der Waals surface area contributed by atoms with Gasteiger partial charge in [-0.3, -0.25) is 4.72 Å². The van der Waals surface area contributed by atoms with Crippen LogP contribution in [0.15, 0.2) is 41.3 Å². The number of anilines is 1. The zero-order chi connectivity index (χ0) is 20.6. The molecule has 12 heteroatoms. The Morgan fingerprint density at radius 1 is 0.926 bits per heavy atom. The molecule has 0 heterocycles. The number of carboxylic acids is 2. The molecule has 2 aromatic rings. The molecule has 0 aliphatic heterocycles. The lowest BCUT2D eigenvalue weighted by Crippen LogP contribution is -2.16. The van der Waals surface area contributed by atoms with Crippen LogP contribution >= 0.6 is 0 Å². The smallest absolute Gasteiger partial charge is 0.419 e. The summed E-state index contributed by atoms with van der Waals surface area (Å²) in [6.45, 7) is 0. The molecular weight excluding hydrogens is 398 g/mol. The van der Waals surface area contributed by atoms with Gasteiger partial charge in [-0.1, -0.05) is 0 Å². The molecule has 2 aromatic carbocycles. The second-order valence-corrected chi connectivity index (χ2v) is 6.84. The van der Waals surface area contributed by atoms with Gasteiger partial charge in [-0.15, -0.1) is 0 Å². The van der Waals surface area contributed by atoms with Crippen molar-refractivity contribution in [2.75, 3.05) is 4.72 Å². The fraction of sp³-hybridized carbons (Fsp3) is 0.0667. The topological polar surface area (TPSA) is 121 Å². The largest absolute Gasteiger partial charge is 0.478 e. The van der Waals surface area contributed by atoms with E-state index in [9.17, 15) is 35.6 Å². The first kappa shape index (κ1) is 20.2. The predicted octanol–water partition coefficient (Wildman–Crippen LogP) is 3.04. The van der Waals surface area contributed by atoms with Gasteiger partial charge in [0.15, 0.2) is 0 Å². The standard InChI is InChI=1S/C15H9F4NO6S/c16-12-2-1-9(6-11(12)15(17,18)19)20-27(25,26)10-4-7(13(21)22)3-8(5-10)14(23)24/h1-6,20H,(H,21,22)(H,23,24). The van der Waals surface area contributed by atoms with Gasteiger partial charge in [0.1, 0.15) is 5.82 Å². The molecule has 0 radical (unpaired) electrons. The van der Waals surface area contributed by atoms with E-state index in [4.69, 9.17) is 10.2 Å². The highest BCUT2D eigenvalue weighted by atomic mass is 32.2. The summed E-state index contributed by atoms with van der Waals surface area (Å²) < 4.78 is 77.8. The van der Waals surface area contributed by atoms with E-state index in [1.165, 1.54) is 0 Å². The Morgan fingerprint density at radius 3 is 1.89 bits per heavy atom. The van der Waals surface area contributed by atoms with Crippen molar-refractivity contribution in [3.63, 3.8) is 0 Å². The highest BCUT2D eigenvalue weighted by Crippen LogP contribution is 2.33. The number of sulfonamides is 1. The molecule has 0 aromatic heterocycles. The van der Waals surface area contributed by atoms with Gasteiger partial charge in [-0.05, 0) is 36.4 Å². The van der Waals surface area contributed by atoms with Crippen molar-refractivity contribution in [1.29, 1.82) is 0 Å². The first-order valence-corrected chi connectivity index (χ1v) is 8.31. The third-order valence-corrected chi connectivity index (χ3v) is 4.60. The number of carboxylic acid groups (broad SMARTS) is 2. The number of alkyl halides is 3. The van der Waals surface area contributed by atoms with Gasteiger partial charge in [0.05, 0.1) is 21.6 Å². The van der Waals surface area contributed by atoms with E-state index in [-0.39, 0.29) is 6.07 Å². The number of hydrogen-bond donors (Lipinski definition) is 3. The third-order valence-electron chi connectivity index (χ3n) is 3.23. The van der Waals surface area contributed by atoms with Gasteiger partial charge in [-0.2, -0.15) is 13.2 Å². The van der Waals surface area contributed by atoms with Crippen molar-refractivity contribution in [3.8, 4) is 0 Å². The number of nitrogens with one attached hydrogen (secondary N) is 1. The van der Waals surface area contributed by atoms with Gasteiger partial charge in [-0.25, -0.2) is 22.4 Å². The zero-order valence-corrected chi connectivity index (χ0v) is 13.7. The minimum atomic E-state index is -5.08. The lowest BCUT2D eigenvalue weighted by Gasteiger charge is -2.13. The fourth-order valence-electron chi connectivity index (χ4n) is 2.02. The molecule has 2 rings (SSSR count). The Balaban J connectivity index is 2.52. The number of halogens is 4. The summed E-state index contributed by atoms with van der Waals surface area (Å²) in [5.41, 5.74) is -3.69. The quantitative estimate of drug-likeness (QED) is 0.655. The minimum absolute atomic E-state index is 0.214. The molecule has 0 amide bonds. The Kier molecular flexibility index (Phi) is 5.13. The Morgan fingerprint density at radius 2 is 1.44 bits per heavy atom. The van der Waals surface area contributed by atoms with Crippen molar-refractivity contribution in [1.82, 2.24) is 0 Å². The molecule has 27 heavy (non-hydrogen) atoms. The van der Waals surface area contributed by atoms with Crippen LogP contribution in [0.3, 0.4) is 0 Å². The molecule has 0 atom stereocenters. The first-order valence-electron chi connectivity index (χ1n) is 6.82. The van der Waals surface area contributed by atoms with Gasteiger partial charge < -0.3 is 10.2 Å². The monoisotopic (exact) mass is 407 g/mol. The normalized spacial score (nSPS) is 11.9. The predicted molar refractivity (Wildman–Crippen MR) is 82.6 cm³/mol. The van der Waals surface area contributed by atoms with Gasteiger partial charge in [0.2, 0.25) is 0 Å². The van der Waals surface area contributed by atoms with Crippen LogP contribution in [-0.4, -0.2) is 30.6 Å². The molecule has 0 aliphatic rings. The second kappa shape index (κ2) is 6.87. The molecule has 3 N–H and O–H groups in total. The molecule has 0 fully saturated rings. The average molecular weight is 407 g/mol. The Hall–Kier alpha value is -3.15. The molecule has 0 saturated carbocycles. The molecular formula is C15H9F4NO6S. The van der Waals surface area contributed by atoms with Crippen LogP contribution in [0.2, 0.25) is 0 Å². The lowest BCUT2D eigenvalue weighted by molar-refractivity contribution is -0.139. The summed E-state index contributed by atoms with van der Waals surface area (Å²) in [5, 5.41) is 17.9. The van der Waals surface area contributed by atoms with Gasteiger partial charge in [0.25, 0.3) is 10.0 Å². The average Bonchev–Trinajstić information content (AvgIpc) is 2.54. The summed E-state index contributed by atoms with van der Waals surface area (Å²) in [5.74, 6) is -4.85. The molecule has 0 unspecified atom stereocenters. The number of aromatic carboxylic acids is 2. The SMILES string of the molecule is O=C(O)c1cc(C(=O)O)cc(S(=O)(=O)Nc2ccc(F)c(C(F)(F)F)c2)c1. The second-order valence-electron chi connectivity index (χ2n) is 5.15. The van der Waals surface area contributed by atoms with Crippen LogP contribution in [0.25, 0.3) is 0 Å². The lowest BCUT2D eigenvalue weighted by atomic mass is 10.1. The molecule has 7 nitrogen and oxygen atoms in total. The number of benzene rings is 2. The van der Waals surface area contributed by atoms with Crippen LogP contribution in [0.1, 0.15) is 26.3 Å². The molecule has 144 valence electrons. The third kappa shape index (κ3) is 4.53. The van der Waals surface area contributed by atoms with Crippen molar-refractivity contribution < 1.29 is 45.8 Å². The van der Waals surface area contributed by atoms with Crippen LogP contribution in [0.5, 0.6) is 0 Å². The summed E-state index contributed by atoms with van der Waals surface area (Å²) in [7, 11) is -4.67. The highest BCUT2D eigenvalue weighted by molar-refractivity contribution is 7.92. The van der Waals surface area contributed by atoms with E-state index >= 15 is 0 Å². The van der Waals surface area contributed by atoms with E-state index < -0.39 is 61.2 Å². The van der Waals surface area contributed by atoms with E-state index in [2.05, 4.69) is 0 Å². The number of hydrogen-bond acceptors (Lipinski definition) is 4. The van der Waals surface area contributed by atoms with Crippen LogP contribution < -0.4 is 4.72 Å². The Labute approximate surface area is 148 Å². The number of rotatable bonds is 5. The van der Waals surface area contributed by atoms with E-state index in [0.29, 0.717) is 24.3 Å². The maximum Gasteiger partial charge on any atom is 0.419 e. The molecule has 0 bridgehead atoms. The van der Waals surface area contributed by atoms with Crippen LogP contribution in [-0.2, 0) is 16.2 Å². The zero-order valence-electron chi connectivity index (χ0n) is 12.9. The minimum Gasteiger partial charge on any atom is -0.478 e. The van der Waals surface area contributed by atoms with Crippen molar-refractivity contribution in [2.24, 2.45) is 0 Å². The molecule has 0 aliphatic carbocycles. The maximum absolute atomic E-state index is 13.3. The summed E-state index contributed by atoms with van der Waals surface area (Å²) >= 11 is 0. The van der Waals surface area contributed by atoms with E-state index in [1.54, 1.807) is 4.72 Å². The number of carbonyl (C=O) groups is 2. The summed E-state index contributed by atoms with van der Waals surface area (Å²) in [6, 6.07) is 3.31. The van der Waals surface area contributed by atoms with E-state index in [0.717, 1.165) is 6.07 Å². The van der Waals surface area contributed by atoms with Crippen molar-refractivity contribution in [2.45, 2.75) is 11.1 Å². The first-order chi connectivity index (χ1) is 12.3.